The zero-order valence-electron chi connectivity index (χ0n) is 10.6. The third kappa shape index (κ3) is 2.88. The Bertz CT molecular complexity index is 477. The Morgan fingerprint density at radius 3 is 2.30 bits per heavy atom. The molecule has 110 valence electrons. The van der Waals surface area contributed by atoms with Gasteiger partial charge in [-0.05, 0) is 19.1 Å². The van der Waals surface area contributed by atoms with Crippen LogP contribution in [0.5, 0.6) is 5.75 Å². The van der Waals surface area contributed by atoms with Crippen molar-refractivity contribution in [3.63, 3.8) is 0 Å². The Morgan fingerprint density at radius 1 is 1.15 bits per heavy atom. The summed E-state index contributed by atoms with van der Waals surface area (Å²) in [6, 6.07) is 5.21. The number of rotatable bonds is 3. The summed E-state index contributed by atoms with van der Waals surface area (Å²) in [7, 11) is 0. The highest BCUT2D eigenvalue weighted by Crippen LogP contribution is 2.25. The van der Waals surface area contributed by atoms with Gasteiger partial charge in [-0.1, -0.05) is 0 Å². The first-order chi connectivity index (χ1) is 9.40. The van der Waals surface area contributed by atoms with Gasteiger partial charge in [0.2, 0.25) is 6.29 Å². The van der Waals surface area contributed by atoms with Crippen molar-refractivity contribution >= 4 is 5.69 Å². The molecular formula is C12H15NO7. The van der Waals surface area contributed by atoms with Crippen molar-refractivity contribution in [2.45, 2.75) is 37.6 Å². The summed E-state index contributed by atoms with van der Waals surface area (Å²) in [5.41, 5.74) is -0.0914. The highest BCUT2D eigenvalue weighted by molar-refractivity contribution is 5.36. The fraction of sp³-hybridized carbons (Fsp3) is 0.500. The number of hydrogen-bond donors (Lipinski definition) is 3. The predicted molar refractivity (Wildman–Crippen MR) is 66.1 cm³/mol. The number of nitrogens with zero attached hydrogens (tertiary/aromatic N) is 1. The molecule has 1 fully saturated rings. The number of aliphatic hydroxyl groups excluding tert-OH is 3. The molecule has 8 nitrogen and oxygen atoms in total. The van der Waals surface area contributed by atoms with Gasteiger partial charge in [-0.15, -0.1) is 0 Å². The molecule has 1 heterocycles. The van der Waals surface area contributed by atoms with Crippen LogP contribution in [0.25, 0.3) is 0 Å². The van der Waals surface area contributed by atoms with E-state index in [9.17, 15) is 25.4 Å². The van der Waals surface area contributed by atoms with Crippen LogP contribution in [-0.4, -0.2) is 50.9 Å². The number of nitro groups is 1. The molecule has 1 saturated heterocycles. The Balaban J connectivity index is 2.07. The molecule has 20 heavy (non-hydrogen) atoms. The minimum absolute atomic E-state index is 0.0914. The quantitative estimate of drug-likeness (QED) is 0.519. The van der Waals surface area contributed by atoms with Crippen molar-refractivity contribution in [3.8, 4) is 5.75 Å². The first-order valence-corrected chi connectivity index (χ1v) is 6.01. The largest absolute Gasteiger partial charge is 0.462 e. The van der Waals surface area contributed by atoms with Gasteiger partial charge in [-0.25, -0.2) is 0 Å². The number of benzene rings is 1. The van der Waals surface area contributed by atoms with Gasteiger partial charge in [-0.3, -0.25) is 10.1 Å². The second-order valence-electron chi connectivity index (χ2n) is 4.55. The first-order valence-electron chi connectivity index (χ1n) is 6.01. The minimum Gasteiger partial charge on any atom is -0.462 e. The Labute approximate surface area is 114 Å². The van der Waals surface area contributed by atoms with Gasteiger partial charge in [0.25, 0.3) is 5.69 Å². The third-order valence-electron chi connectivity index (χ3n) is 3.11. The van der Waals surface area contributed by atoms with Crippen LogP contribution < -0.4 is 4.74 Å². The van der Waals surface area contributed by atoms with Crippen LogP contribution in [-0.2, 0) is 4.74 Å². The molecule has 8 heteroatoms. The lowest BCUT2D eigenvalue weighted by molar-refractivity contribution is -0.384. The molecule has 1 aliphatic rings. The Hall–Kier alpha value is -1.74. The zero-order chi connectivity index (χ0) is 14.9. The standard InChI is InChI=1S/C12H15NO7/c1-6-9(14)10(15)11(16)12(19-6)20-8-4-2-7(3-5-8)13(17)18/h2-6,9-12,14-16H,1H3/t6-,9+,10+,11-,12+/m0/s1. The van der Waals surface area contributed by atoms with Crippen LogP contribution >= 0.6 is 0 Å². The summed E-state index contributed by atoms with van der Waals surface area (Å²) in [5.74, 6) is 0.246. The van der Waals surface area contributed by atoms with Crippen LogP contribution in [0.4, 0.5) is 5.69 Å². The summed E-state index contributed by atoms with van der Waals surface area (Å²) >= 11 is 0. The van der Waals surface area contributed by atoms with E-state index in [1.165, 1.54) is 31.2 Å². The smallest absolute Gasteiger partial charge is 0.269 e. The predicted octanol–water partition coefficient (Wildman–Crippen LogP) is -0.199. The van der Waals surface area contributed by atoms with E-state index in [-0.39, 0.29) is 11.4 Å². The van der Waals surface area contributed by atoms with Crippen molar-refractivity contribution < 1.29 is 29.7 Å². The van der Waals surface area contributed by atoms with Gasteiger partial charge in [0, 0.05) is 12.1 Å². The second kappa shape index (κ2) is 5.71. The molecule has 2 rings (SSSR count). The lowest BCUT2D eigenvalue weighted by Gasteiger charge is -2.38. The molecule has 5 atom stereocenters. The highest BCUT2D eigenvalue weighted by atomic mass is 16.7. The summed E-state index contributed by atoms with van der Waals surface area (Å²) in [4.78, 5) is 9.97. The maximum Gasteiger partial charge on any atom is 0.269 e. The molecule has 0 unspecified atom stereocenters. The van der Waals surface area contributed by atoms with Gasteiger partial charge in [0.05, 0.1) is 11.0 Å². The van der Waals surface area contributed by atoms with Gasteiger partial charge in [-0.2, -0.15) is 0 Å². The zero-order valence-corrected chi connectivity index (χ0v) is 10.6. The molecule has 1 aliphatic heterocycles. The summed E-state index contributed by atoms with van der Waals surface area (Å²) in [6.07, 6.45) is -5.89. The van der Waals surface area contributed by atoms with Crippen molar-refractivity contribution in [1.82, 2.24) is 0 Å². The van der Waals surface area contributed by atoms with E-state index in [1.54, 1.807) is 0 Å². The van der Waals surface area contributed by atoms with Crippen molar-refractivity contribution in [3.05, 3.63) is 34.4 Å². The molecule has 0 bridgehead atoms. The molecule has 3 N–H and O–H groups in total. The van der Waals surface area contributed by atoms with E-state index < -0.39 is 35.6 Å². The van der Waals surface area contributed by atoms with Crippen LogP contribution in [0.15, 0.2) is 24.3 Å². The monoisotopic (exact) mass is 285 g/mol. The van der Waals surface area contributed by atoms with Crippen molar-refractivity contribution in [2.75, 3.05) is 0 Å². The third-order valence-corrected chi connectivity index (χ3v) is 3.11. The maximum absolute atomic E-state index is 10.5. The van der Waals surface area contributed by atoms with Gasteiger partial charge >= 0.3 is 0 Å². The normalized spacial score (nSPS) is 33.7. The van der Waals surface area contributed by atoms with Crippen molar-refractivity contribution in [2.24, 2.45) is 0 Å². The van der Waals surface area contributed by atoms with E-state index in [1.807, 2.05) is 0 Å². The average Bonchev–Trinajstić information content (AvgIpc) is 2.43. The van der Waals surface area contributed by atoms with E-state index >= 15 is 0 Å². The first kappa shape index (κ1) is 14.7. The fourth-order valence-corrected chi connectivity index (χ4v) is 1.89. The highest BCUT2D eigenvalue weighted by Gasteiger charge is 2.43. The lowest BCUT2D eigenvalue weighted by atomic mass is 10.00. The molecule has 0 saturated carbocycles. The number of aliphatic hydroxyl groups is 3. The number of hydrogen-bond acceptors (Lipinski definition) is 7. The number of nitro benzene ring substituents is 1. The molecule has 1 aromatic carbocycles. The van der Waals surface area contributed by atoms with Crippen LogP contribution in [0, 0.1) is 10.1 Å². The molecule has 0 radical (unpaired) electrons. The lowest BCUT2D eigenvalue weighted by Crippen LogP contribution is -2.58. The van der Waals surface area contributed by atoms with Crippen LogP contribution in [0.1, 0.15) is 6.92 Å². The van der Waals surface area contributed by atoms with E-state index in [0.717, 1.165) is 0 Å². The van der Waals surface area contributed by atoms with Crippen LogP contribution in [0.3, 0.4) is 0 Å². The fourth-order valence-electron chi connectivity index (χ4n) is 1.89. The topological polar surface area (TPSA) is 122 Å². The summed E-state index contributed by atoms with van der Waals surface area (Å²) in [5, 5.41) is 39.4. The van der Waals surface area contributed by atoms with Gasteiger partial charge < -0.3 is 24.8 Å². The van der Waals surface area contributed by atoms with Crippen LogP contribution in [0.2, 0.25) is 0 Å². The average molecular weight is 285 g/mol. The molecule has 0 spiro atoms. The minimum atomic E-state index is -1.42. The summed E-state index contributed by atoms with van der Waals surface area (Å²) < 4.78 is 10.6. The molecule has 0 aromatic heterocycles. The SMILES string of the molecule is C[C@@H]1O[C@H](Oc2ccc([N+](=O)[O-])cc2)[C@@H](O)[C@H](O)[C@@H]1O. The molecule has 0 aliphatic carbocycles. The van der Waals surface area contributed by atoms with Gasteiger partial charge in [0.15, 0.2) is 0 Å². The van der Waals surface area contributed by atoms with E-state index in [0.29, 0.717) is 0 Å². The second-order valence-corrected chi connectivity index (χ2v) is 4.55. The number of ether oxygens (including phenoxy) is 2. The molecule has 0 amide bonds. The Morgan fingerprint density at radius 2 is 1.75 bits per heavy atom. The molecule has 1 aromatic rings. The van der Waals surface area contributed by atoms with Crippen molar-refractivity contribution in [1.29, 1.82) is 0 Å². The maximum atomic E-state index is 10.5. The number of non-ortho nitro benzene ring substituents is 1. The van der Waals surface area contributed by atoms with E-state index in [4.69, 9.17) is 9.47 Å². The van der Waals surface area contributed by atoms with Gasteiger partial charge in [0.1, 0.15) is 24.1 Å². The summed E-state index contributed by atoms with van der Waals surface area (Å²) in [6.45, 7) is 1.53. The van der Waals surface area contributed by atoms with E-state index in [2.05, 4.69) is 0 Å². The molecular weight excluding hydrogens is 270 g/mol. The Kier molecular flexibility index (Phi) is 4.19.